The lowest BCUT2D eigenvalue weighted by Crippen LogP contribution is -2.27. The maximum Gasteiger partial charge on any atom is 0.341 e. The number of aromatic nitrogens is 1. The third-order valence-corrected chi connectivity index (χ3v) is 5.12. The summed E-state index contributed by atoms with van der Waals surface area (Å²) >= 11 is 0. The van der Waals surface area contributed by atoms with Gasteiger partial charge in [0, 0.05) is 11.8 Å². The van der Waals surface area contributed by atoms with Gasteiger partial charge in [0.05, 0.1) is 16.9 Å². The van der Waals surface area contributed by atoms with Gasteiger partial charge < -0.3 is 29.6 Å². The number of hydrogen-bond acceptors (Lipinski definition) is 6. The molecule has 0 amide bonds. The second-order valence-electron chi connectivity index (χ2n) is 7.29. The fraction of sp³-hybridized carbons (Fsp3) is 0.227. The minimum absolute atomic E-state index is 0.0136. The first kappa shape index (κ1) is 21.2. The molecule has 1 aromatic heterocycles. The van der Waals surface area contributed by atoms with Crippen molar-refractivity contribution in [1.82, 2.24) is 4.57 Å². The molecule has 0 radical (unpaired) electrons. The zero-order valence-corrected chi connectivity index (χ0v) is 17.1. The number of halogens is 1. The zero-order valence-electron chi connectivity index (χ0n) is 17.1. The van der Waals surface area contributed by atoms with Gasteiger partial charge in [0.15, 0.2) is 17.3 Å². The predicted octanol–water partition coefficient (Wildman–Crippen LogP) is 2.53. The van der Waals surface area contributed by atoms with E-state index in [0.717, 1.165) is 6.07 Å². The van der Waals surface area contributed by atoms with Gasteiger partial charge in [-0.1, -0.05) is 0 Å². The number of aromatic carboxylic acids is 1. The van der Waals surface area contributed by atoms with Crippen molar-refractivity contribution in [1.29, 1.82) is 5.41 Å². The van der Waals surface area contributed by atoms with E-state index in [1.165, 1.54) is 6.20 Å². The van der Waals surface area contributed by atoms with Crippen molar-refractivity contribution in [2.45, 2.75) is 13.0 Å². The minimum Gasteiger partial charge on any atom is -0.490 e. The molecule has 0 saturated carbocycles. The van der Waals surface area contributed by atoms with Gasteiger partial charge >= 0.3 is 5.97 Å². The van der Waals surface area contributed by atoms with Crippen molar-refractivity contribution in [3.05, 3.63) is 63.7 Å². The molecule has 0 spiro atoms. The number of carbonyl (C=O) groups is 1. The number of carboxylic acids is 1. The Labute approximate surface area is 181 Å². The number of rotatable bonds is 7. The highest BCUT2D eigenvalue weighted by Gasteiger charge is 2.28. The van der Waals surface area contributed by atoms with Crippen LogP contribution in [0.25, 0.3) is 10.9 Å². The van der Waals surface area contributed by atoms with Crippen molar-refractivity contribution < 1.29 is 28.5 Å². The standard InChI is InChI=1S/C22H20FN3O6/c1-11-10-32-20-17-14(18(27)15(22(28)29)9-26(11)17)8-16(23)19(20)31-7-6-30-13-4-2-12(3-5-13)21(24)25/h2-5,8-9,11H,6-7,10H2,1H3,(H3,24,25)(H,28,29)/t11-/m1/s1. The summed E-state index contributed by atoms with van der Waals surface area (Å²) in [5.41, 5.74) is 5.04. The summed E-state index contributed by atoms with van der Waals surface area (Å²) in [6.45, 7) is 2.04. The number of benzene rings is 2. The van der Waals surface area contributed by atoms with Crippen LogP contribution >= 0.6 is 0 Å². The van der Waals surface area contributed by atoms with Crippen LogP contribution in [0.3, 0.4) is 0 Å². The Bertz CT molecular complexity index is 1290. The van der Waals surface area contributed by atoms with Gasteiger partial charge in [0.1, 0.15) is 37.0 Å². The minimum atomic E-state index is -1.38. The average Bonchev–Trinajstić information content (AvgIpc) is 2.76. The number of nitrogens with one attached hydrogen (secondary N) is 1. The van der Waals surface area contributed by atoms with Crippen LogP contribution in [0.1, 0.15) is 28.9 Å². The number of nitrogens with zero attached hydrogens (tertiary/aromatic N) is 1. The van der Waals surface area contributed by atoms with E-state index in [0.29, 0.717) is 11.3 Å². The van der Waals surface area contributed by atoms with E-state index in [9.17, 15) is 19.1 Å². The van der Waals surface area contributed by atoms with Crippen LogP contribution in [-0.2, 0) is 0 Å². The lowest BCUT2D eigenvalue weighted by atomic mass is 10.1. The Morgan fingerprint density at radius 1 is 1.31 bits per heavy atom. The first-order valence-corrected chi connectivity index (χ1v) is 9.75. The highest BCUT2D eigenvalue weighted by Crippen LogP contribution is 2.41. The van der Waals surface area contributed by atoms with Crippen molar-refractivity contribution in [2.24, 2.45) is 5.73 Å². The molecule has 9 nitrogen and oxygen atoms in total. The van der Waals surface area contributed by atoms with Crippen molar-refractivity contribution in [3.8, 4) is 17.2 Å². The molecule has 10 heteroatoms. The van der Waals surface area contributed by atoms with Crippen LogP contribution in [0.2, 0.25) is 0 Å². The Kier molecular flexibility index (Phi) is 5.43. The maximum atomic E-state index is 14.8. The summed E-state index contributed by atoms with van der Waals surface area (Å²) in [4.78, 5) is 24.0. The molecule has 1 atom stereocenters. The number of carboxylic acid groups (broad SMARTS) is 1. The predicted molar refractivity (Wildman–Crippen MR) is 114 cm³/mol. The van der Waals surface area contributed by atoms with Crippen LogP contribution in [0.15, 0.2) is 41.3 Å². The molecule has 2 aromatic carbocycles. The van der Waals surface area contributed by atoms with E-state index < -0.39 is 22.8 Å². The summed E-state index contributed by atoms with van der Waals surface area (Å²) in [7, 11) is 0. The lowest BCUT2D eigenvalue weighted by Gasteiger charge is -2.28. The number of hydrogen-bond donors (Lipinski definition) is 3. The molecular weight excluding hydrogens is 421 g/mol. The highest BCUT2D eigenvalue weighted by molar-refractivity contribution is 5.96. The Morgan fingerprint density at radius 2 is 2.00 bits per heavy atom. The smallest absolute Gasteiger partial charge is 0.341 e. The van der Waals surface area contributed by atoms with Crippen molar-refractivity contribution in [2.75, 3.05) is 19.8 Å². The fourth-order valence-electron chi connectivity index (χ4n) is 3.52. The second kappa shape index (κ2) is 8.22. The normalized spacial score (nSPS) is 14.6. The quantitative estimate of drug-likeness (QED) is 0.291. The van der Waals surface area contributed by atoms with Crippen molar-refractivity contribution >= 4 is 22.7 Å². The molecule has 0 aliphatic carbocycles. The maximum absolute atomic E-state index is 14.8. The summed E-state index contributed by atoms with van der Waals surface area (Å²) in [6, 6.07) is 7.31. The van der Waals surface area contributed by atoms with Crippen LogP contribution < -0.4 is 25.4 Å². The zero-order chi connectivity index (χ0) is 23.0. The molecule has 0 bridgehead atoms. The number of pyridine rings is 1. The number of nitrogen functional groups attached to an aromatic ring is 1. The monoisotopic (exact) mass is 441 g/mol. The van der Waals surface area contributed by atoms with E-state index in [2.05, 4.69) is 0 Å². The largest absolute Gasteiger partial charge is 0.490 e. The first-order valence-electron chi connectivity index (χ1n) is 9.75. The number of nitrogens with two attached hydrogens (primary N) is 1. The molecular formula is C22H20FN3O6. The van der Waals surface area contributed by atoms with Gasteiger partial charge in [-0.3, -0.25) is 10.2 Å². The van der Waals surface area contributed by atoms with Crippen molar-refractivity contribution in [3.63, 3.8) is 0 Å². The highest BCUT2D eigenvalue weighted by atomic mass is 19.1. The first-order chi connectivity index (χ1) is 15.3. The molecule has 1 aliphatic rings. The fourth-order valence-corrected chi connectivity index (χ4v) is 3.52. The summed E-state index contributed by atoms with van der Waals surface area (Å²) < 4.78 is 33.2. The summed E-state index contributed by atoms with van der Waals surface area (Å²) in [6.07, 6.45) is 1.25. The van der Waals surface area contributed by atoms with Gasteiger partial charge in [0.2, 0.25) is 5.43 Å². The van der Waals surface area contributed by atoms with Crippen LogP contribution in [0, 0.1) is 11.2 Å². The van der Waals surface area contributed by atoms with Crippen LogP contribution in [0.4, 0.5) is 4.39 Å². The topological polar surface area (TPSA) is 137 Å². The third-order valence-electron chi connectivity index (χ3n) is 5.12. The molecule has 3 aromatic rings. The van der Waals surface area contributed by atoms with Crippen LogP contribution in [0.5, 0.6) is 17.2 Å². The van der Waals surface area contributed by atoms with Gasteiger partial charge in [-0.2, -0.15) is 0 Å². The summed E-state index contributed by atoms with van der Waals surface area (Å²) in [5.74, 6) is -1.86. The Morgan fingerprint density at radius 3 is 2.66 bits per heavy atom. The van der Waals surface area contributed by atoms with Gasteiger partial charge in [0.25, 0.3) is 0 Å². The number of ether oxygens (including phenoxy) is 3. The van der Waals surface area contributed by atoms with Crippen LogP contribution in [-0.4, -0.2) is 41.3 Å². The average molecular weight is 441 g/mol. The third kappa shape index (κ3) is 3.70. The Hall–Kier alpha value is -4.08. The molecule has 4 rings (SSSR count). The van der Waals surface area contributed by atoms with E-state index in [-0.39, 0.29) is 54.1 Å². The molecule has 2 heterocycles. The second-order valence-corrected chi connectivity index (χ2v) is 7.29. The van der Waals surface area contributed by atoms with Gasteiger partial charge in [-0.25, -0.2) is 9.18 Å². The molecule has 0 unspecified atom stereocenters. The lowest BCUT2D eigenvalue weighted by molar-refractivity contribution is 0.0694. The van der Waals surface area contributed by atoms with E-state index in [4.69, 9.17) is 25.4 Å². The van der Waals surface area contributed by atoms with Gasteiger partial charge in [-0.15, -0.1) is 0 Å². The van der Waals surface area contributed by atoms with E-state index in [1.54, 1.807) is 35.8 Å². The van der Waals surface area contributed by atoms with Gasteiger partial charge in [-0.05, 0) is 37.3 Å². The summed E-state index contributed by atoms with van der Waals surface area (Å²) in [5, 5.41) is 16.6. The molecule has 4 N–H and O–H groups in total. The molecule has 1 aliphatic heterocycles. The molecule has 0 saturated heterocycles. The molecule has 32 heavy (non-hydrogen) atoms. The number of amidine groups is 1. The molecule has 0 fully saturated rings. The molecule has 166 valence electrons. The van der Waals surface area contributed by atoms with E-state index in [1.807, 2.05) is 0 Å². The SMILES string of the molecule is C[C@@H]1COc2c(OCCOc3ccc(C(=N)N)cc3)c(F)cc3c(=O)c(C(=O)O)cn1c23. The Balaban J connectivity index is 1.59. The van der Waals surface area contributed by atoms with E-state index >= 15 is 0 Å².